The number of anilines is 1. The highest BCUT2D eigenvalue weighted by Crippen LogP contribution is 2.20. The van der Waals surface area contributed by atoms with E-state index in [0.29, 0.717) is 11.5 Å². The van der Waals surface area contributed by atoms with Gasteiger partial charge in [0.15, 0.2) is 0 Å². The van der Waals surface area contributed by atoms with Gasteiger partial charge < -0.3 is 15.0 Å². The Morgan fingerprint density at radius 2 is 2.25 bits per heavy atom. The van der Waals surface area contributed by atoms with Crippen molar-refractivity contribution in [3.05, 3.63) is 51.4 Å². The fourth-order valence-corrected chi connectivity index (χ4v) is 1.54. The lowest BCUT2D eigenvalue weighted by atomic mass is 10.1. The Labute approximate surface area is 113 Å². The van der Waals surface area contributed by atoms with Gasteiger partial charge in [0.1, 0.15) is 18.1 Å². The maximum absolute atomic E-state index is 11.8. The van der Waals surface area contributed by atoms with Crippen LogP contribution in [0.15, 0.2) is 28.8 Å². The Balaban J connectivity index is 2.12. The quantitative estimate of drug-likeness (QED) is 0.391. The fourth-order valence-electron chi connectivity index (χ4n) is 1.54. The minimum absolute atomic E-state index is 0.0561. The summed E-state index contributed by atoms with van der Waals surface area (Å²) in [6.07, 6.45) is 0. The van der Waals surface area contributed by atoms with Crippen LogP contribution in [0, 0.1) is 17.0 Å². The summed E-state index contributed by atoms with van der Waals surface area (Å²) in [6, 6.07) is 5.19. The molecular weight excluding hydrogens is 266 g/mol. The van der Waals surface area contributed by atoms with Crippen LogP contribution in [0.2, 0.25) is 0 Å². The lowest BCUT2D eigenvalue weighted by molar-refractivity contribution is -0.384. The summed E-state index contributed by atoms with van der Waals surface area (Å²) in [5.41, 5.74) is 5.87. The van der Waals surface area contributed by atoms with E-state index in [9.17, 15) is 14.9 Å². The number of ether oxygens (including phenoxy) is 1. The van der Waals surface area contributed by atoms with Gasteiger partial charge in [-0.25, -0.2) is 4.79 Å². The summed E-state index contributed by atoms with van der Waals surface area (Å²) in [6.45, 7) is 1.61. The third kappa shape index (κ3) is 2.91. The molecule has 1 aromatic carbocycles. The third-order valence-corrected chi connectivity index (χ3v) is 2.50. The van der Waals surface area contributed by atoms with Crippen molar-refractivity contribution in [1.82, 2.24) is 5.16 Å². The highest BCUT2D eigenvalue weighted by molar-refractivity contribution is 5.95. The number of carbonyl (C=O) groups excluding carboxylic acids is 1. The van der Waals surface area contributed by atoms with Crippen LogP contribution in [0.25, 0.3) is 0 Å². The first-order valence-electron chi connectivity index (χ1n) is 5.60. The molecule has 2 rings (SSSR count). The van der Waals surface area contributed by atoms with Gasteiger partial charge in [0, 0.05) is 23.9 Å². The molecule has 0 aliphatic rings. The van der Waals surface area contributed by atoms with Crippen molar-refractivity contribution >= 4 is 17.3 Å². The number of nitrogens with zero attached hydrogens (tertiary/aromatic N) is 2. The van der Waals surface area contributed by atoms with E-state index in [1.165, 1.54) is 12.1 Å². The molecule has 0 saturated heterocycles. The van der Waals surface area contributed by atoms with E-state index in [-0.39, 0.29) is 23.5 Å². The van der Waals surface area contributed by atoms with Gasteiger partial charge in [-0.2, -0.15) is 0 Å². The minimum atomic E-state index is -0.758. The number of rotatable bonds is 4. The molecule has 0 fully saturated rings. The number of nitro benzene ring substituents is 1. The second kappa shape index (κ2) is 5.39. The number of hydrogen-bond acceptors (Lipinski definition) is 7. The molecule has 104 valence electrons. The molecule has 8 heteroatoms. The van der Waals surface area contributed by atoms with E-state index >= 15 is 0 Å². The van der Waals surface area contributed by atoms with E-state index in [1.807, 2.05) is 0 Å². The van der Waals surface area contributed by atoms with Crippen molar-refractivity contribution < 1.29 is 19.0 Å². The van der Waals surface area contributed by atoms with Crippen LogP contribution in [0.1, 0.15) is 21.8 Å². The number of carbonyl (C=O) groups is 1. The summed E-state index contributed by atoms with van der Waals surface area (Å²) in [5, 5.41) is 14.3. The molecule has 0 unspecified atom stereocenters. The number of aromatic nitrogens is 1. The van der Waals surface area contributed by atoms with Crippen molar-refractivity contribution in [2.75, 3.05) is 5.73 Å². The highest BCUT2D eigenvalue weighted by Gasteiger charge is 2.17. The van der Waals surface area contributed by atoms with Gasteiger partial charge >= 0.3 is 5.97 Å². The maximum Gasteiger partial charge on any atom is 0.340 e. The van der Waals surface area contributed by atoms with Crippen LogP contribution in [0.4, 0.5) is 11.4 Å². The molecule has 0 amide bonds. The number of non-ortho nitro benzene ring substituents is 1. The number of nitro groups is 1. The van der Waals surface area contributed by atoms with Gasteiger partial charge in [-0.15, -0.1) is 0 Å². The maximum atomic E-state index is 11.8. The van der Waals surface area contributed by atoms with Crippen LogP contribution >= 0.6 is 0 Å². The van der Waals surface area contributed by atoms with E-state index in [4.69, 9.17) is 15.0 Å². The first kappa shape index (κ1) is 13.5. The minimum Gasteiger partial charge on any atom is -0.455 e. The van der Waals surface area contributed by atoms with E-state index in [0.717, 1.165) is 6.07 Å². The lowest BCUT2D eigenvalue weighted by Gasteiger charge is -2.05. The largest absolute Gasteiger partial charge is 0.455 e. The monoisotopic (exact) mass is 277 g/mol. The normalized spacial score (nSPS) is 10.2. The van der Waals surface area contributed by atoms with Crippen LogP contribution in [0.5, 0.6) is 0 Å². The SMILES string of the molecule is Cc1cc(COC(=O)c2cc([N+](=O)[O-])ccc2N)no1. The number of esters is 1. The molecule has 0 radical (unpaired) electrons. The molecule has 0 atom stereocenters. The molecular formula is C12H11N3O5. The molecule has 8 nitrogen and oxygen atoms in total. The molecule has 20 heavy (non-hydrogen) atoms. The summed E-state index contributed by atoms with van der Waals surface area (Å²) in [4.78, 5) is 21.9. The molecule has 2 N–H and O–H groups in total. The average molecular weight is 277 g/mol. The highest BCUT2D eigenvalue weighted by atomic mass is 16.6. The molecule has 0 bridgehead atoms. The summed E-state index contributed by atoms with van der Waals surface area (Å²) in [7, 11) is 0. The van der Waals surface area contributed by atoms with Crippen molar-refractivity contribution in [1.29, 1.82) is 0 Å². The number of hydrogen-bond donors (Lipinski definition) is 1. The van der Waals surface area contributed by atoms with Crippen molar-refractivity contribution in [3.8, 4) is 0 Å². The van der Waals surface area contributed by atoms with Crippen molar-refractivity contribution in [3.63, 3.8) is 0 Å². The number of nitrogens with two attached hydrogens (primary N) is 1. The Morgan fingerprint density at radius 3 is 2.85 bits per heavy atom. The third-order valence-electron chi connectivity index (χ3n) is 2.50. The zero-order chi connectivity index (χ0) is 14.7. The van der Waals surface area contributed by atoms with Gasteiger partial charge in [0.2, 0.25) is 0 Å². The second-order valence-corrected chi connectivity index (χ2v) is 4.03. The predicted molar refractivity (Wildman–Crippen MR) is 67.9 cm³/mol. The molecule has 0 spiro atoms. The zero-order valence-electron chi connectivity index (χ0n) is 10.5. The average Bonchev–Trinajstić information content (AvgIpc) is 2.82. The zero-order valence-corrected chi connectivity index (χ0v) is 10.5. The van der Waals surface area contributed by atoms with Gasteiger partial charge in [0.25, 0.3) is 5.69 Å². The topological polar surface area (TPSA) is 121 Å². The fraction of sp³-hybridized carbons (Fsp3) is 0.167. The van der Waals surface area contributed by atoms with Gasteiger partial charge in [-0.1, -0.05) is 5.16 Å². The number of benzene rings is 1. The Hall–Kier alpha value is -2.90. The Kier molecular flexibility index (Phi) is 3.65. The first-order chi connectivity index (χ1) is 9.47. The molecule has 0 aliphatic heterocycles. The second-order valence-electron chi connectivity index (χ2n) is 4.03. The van der Waals surface area contributed by atoms with Crippen LogP contribution in [-0.2, 0) is 11.3 Å². The molecule has 1 aromatic heterocycles. The number of aryl methyl sites for hydroxylation is 1. The molecule has 0 saturated carbocycles. The van der Waals surface area contributed by atoms with E-state index < -0.39 is 10.9 Å². The molecule has 0 aliphatic carbocycles. The van der Waals surface area contributed by atoms with E-state index in [1.54, 1.807) is 13.0 Å². The summed E-state index contributed by atoms with van der Waals surface area (Å²) < 4.78 is 9.80. The Morgan fingerprint density at radius 1 is 1.50 bits per heavy atom. The van der Waals surface area contributed by atoms with Crippen LogP contribution in [0.3, 0.4) is 0 Å². The lowest BCUT2D eigenvalue weighted by Crippen LogP contribution is -2.09. The Bertz CT molecular complexity index is 665. The molecule has 2 aromatic rings. The predicted octanol–water partition coefficient (Wildman–Crippen LogP) is 1.83. The standard InChI is InChI=1S/C12H11N3O5/c1-7-4-8(14-20-7)6-19-12(16)10-5-9(15(17)18)2-3-11(10)13/h2-5H,6,13H2,1H3. The van der Waals surface area contributed by atoms with Crippen LogP contribution in [-0.4, -0.2) is 16.0 Å². The van der Waals surface area contributed by atoms with Crippen molar-refractivity contribution in [2.24, 2.45) is 0 Å². The van der Waals surface area contributed by atoms with Crippen LogP contribution < -0.4 is 5.73 Å². The van der Waals surface area contributed by atoms with Gasteiger partial charge in [-0.05, 0) is 13.0 Å². The summed E-state index contributed by atoms with van der Waals surface area (Å²) in [5.74, 6) is -0.169. The van der Waals surface area contributed by atoms with E-state index in [2.05, 4.69) is 5.16 Å². The number of nitrogen functional groups attached to an aromatic ring is 1. The molecule has 1 heterocycles. The smallest absolute Gasteiger partial charge is 0.340 e. The summed E-state index contributed by atoms with van der Waals surface area (Å²) >= 11 is 0. The van der Waals surface area contributed by atoms with Gasteiger partial charge in [-0.3, -0.25) is 10.1 Å². The first-order valence-corrected chi connectivity index (χ1v) is 5.60. The van der Waals surface area contributed by atoms with Crippen molar-refractivity contribution in [2.45, 2.75) is 13.5 Å². The van der Waals surface area contributed by atoms with Gasteiger partial charge in [0.05, 0.1) is 10.5 Å².